The predicted octanol–water partition coefficient (Wildman–Crippen LogP) is 4.18. The van der Waals surface area contributed by atoms with Crippen LogP contribution in [0.15, 0.2) is 41.0 Å². The van der Waals surface area contributed by atoms with Crippen LogP contribution in [0.1, 0.15) is 66.0 Å². The topological polar surface area (TPSA) is 88.9 Å². The van der Waals surface area contributed by atoms with E-state index in [4.69, 9.17) is 9.15 Å². The van der Waals surface area contributed by atoms with E-state index in [9.17, 15) is 14.4 Å². The average Bonchev–Trinajstić information content (AvgIpc) is 3.29. The fourth-order valence-corrected chi connectivity index (χ4v) is 3.70. The van der Waals surface area contributed by atoms with Crippen LogP contribution in [-0.4, -0.2) is 41.4 Å². The number of furan rings is 1. The van der Waals surface area contributed by atoms with E-state index in [0.29, 0.717) is 12.2 Å². The number of hydrogen-bond acceptors (Lipinski definition) is 5. The number of nitrogens with zero attached hydrogens (tertiary/aromatic N) is 1. The van der Waals surface area contributed by atoms with Gasteiger partial charge in [0.25, 0.3) is 11.8 Å². The first-order valence-corrected chi connectivity index (χ1v) is 10.4. The van der Waals surface area contributed by atoms with E-state index in [-0.39, 0.29) is 23.3 Å². The summed E-state index contributed by atoms with van der Waals surface area (Å²) in [5, 5.41) is 2.73. The van der Waals surface area contributed by atoms with Crippen LogP contribution in [0, 0.1) is 6.92 Å². The Hall–Kier alpha value is -3.09. The van der Waals surface area contributed by atoms with E-state index in [1.807, 2.05) is 11.8 Å². The number of ether oxygens (including phenoxy) is 1. The number of carbonyl (C=O) groups is 3. The summed E-state index contributed by atoms with van der Waals surface area (Å²) in [5.41, 5.74) is 1.53. The summed E-state index contributed by atoms with van der Waals surface area (Å²) < 4.78 is 10.5. The van der Waals surface area contributed by atoms with E-state index in [2.05, 4.69) is 12.2 Å². The van der Waals surface area contributed by atoms with Gasteiger partial charge in [0.15, 0.2) is 11.9 Å². The average molecular weight is 412 g/mol. The quantitative estimate of drug-likeness (QED) is 0.719. The summed E-state index contributed by atoms with van der Waals surface area (Å²) in [4.78, 5) is 39.5. The lowest BCUT2D eigenvalue weighted by Crippen LogP contribution is -2.48. The van der Waals surface area contributed by atoms with Crippen LogP contribution in [0.5, 0.6) is 0 Å². The number of benzene rings is 1. The van der Waals surface area contributed by atoms with E-state index >= 15 is 0 Å². The second kappa shape index (κ2) is 9.61. The van der Waals surface area contributed by atoms with Gasteiger partial charge in [0.2, 0.25) is 0 Å². The molecule has 0 saturated carbocycles. The van der Waals surface area contributed by atoms with Gasteiger partial charge < -0.3 is 19.4 Å². The number of likely N-dealkylation sites (tertiary alicyclic amines) is 1. The standard InChI is InChI=1S/C23H28N2O5/c1-4-18-8-5-6-12-25(18)22(27)16(3)30-23(28)17-11-10-15(2)19(14-17)24-21(26)20-9-7-13-29-20/h7,9-11,13-14,16,18H,4-6,8,12H2,1-3H3,(H,24,26)/t16-,18+/m0/s1. The molecule has 1 N–H and O–H groups in total. The van der Waals surface area contributed by atoms with Crippen molar-refractivity contribution in [2.45, 2.75) is 58.6 Å². The Balaban J connectivity index is 1.67. The van der Waals surface area contributed by atoms with Crippen molar-refractivity contribution in [1.82, 2.24) is 4.90 Å². The molecule has 1 saturated heterocycles. The minimum Gasteiger partial charge on any atom is -0.459 e. The molecule has 3 rings (SSSR count). The maximum atomic E-state index is 12.8. The predicted molar refractivity (Wildman–Crippen MR) is 112 cm³/mol. The molecule has 2 heterocycles. The Kier molecular flexibility index (Phi) is 6.92. The van der Waals surface area contributed by atoms with Crippen LogP contribution < -0.4 is 5.32 Å². The highest BCUT2D eigenvalue weighted by molar-refractivity contribution is 6.03. The molecule has 1 aliphatic rings. The number of piperidine rings is 1. The van der Waals surface area contributed by atoms with Crippen molar-refractivity contribution in [1.29, 1.82) is 0 Å². The summed E-state index contributed by atoms with van der Waals surface area (Å²) >= 11 is 0. The molecule has 7 heteroatoms. The summed E-state index contributed by atoms with van der Waals surface area (Å²) in [5.74, 6) is -0.996. The lowest BCUT2D eigenvalue weighted by Gasteiger charge is -2.36. The molecule has 0 aliphatic carbocycles. The lowest BCUT2D eigenvalue weighted by atomic mass is 9.99. The first-order valence-electron chi connectivity index (χ1n) is 10.4. The third-order valence-corrected chi connectivity index (χ3v) is 5.48. The van der Waals surface area contributed by atoms with Gasteiger partial charge in [0.1, 0.15) is 0 Å². The Morgan fingerprint density at radius 2 is 2.07 bits per heavy atom. The molecular weight excluding hydrogens is 384 g/mol. The Morgan fingerprint density at radius 1 is 1.27 bits per heavy atom. The zero-order valence-electron chi connectivity index (χ0n) is 17.6. The monoisotopic (exact) mass is 412 g/mol. The smallest absolute Gasteiger partial charge is 0.338 e. The zero-order chi connectivity index (χ0) is 21.7. The lowest BCUT2D eigenvalue weighted by molar-refractivity contribution is -0.143. The fraction of sp³-hybridized carbons (Fsp3) is 0.435. The van der Waals surface area contributed by atoms with Crippen LogP contribution in [0.2, 0.25) is 0 Å². The molecule has 2 aromatic rings. The number of rotatable bonds is 6. The highest BCUT2D eigenvalue weighted by Gasteiger charge is 2.30. The summed E-state index contributed by atoms with van der Waals surface area (Å²) in [6.45, 7) is 6.19. The number of hydrogen-bond donors (Lipinski definition) is 1. The molecule has 160 valence electrons. The van der Waals surface area contributed by atoms with Crippen molar-refractivity contribution in [3.63, 3.8) is 0 Å². The van der Waals surface area contributed by atoms with Gasteiger partial charge in [0.05, 0.1) is 11.8 Å². The van der Waals surface area contributed by atoms with Gasteiger partial charge >= 0.3 is 5.97 Å². The zero-order valence-corrected chi connectivity index (χ0v) is 17.6. The minimum atomic E-state index is -0.868. The molecule has 0 bridgehead atoms. The number of nitrogens with one attached hydrogen (secondary N) is 1. The largest absolute Gasteiger partial charge is 0.459 e. The van der Waals surface area contributed by atoms with Gasteiger partial charge in [-0.1, -0.05) is 13.0 Å². The van der Waals surface area contributed by atoms with Gasteiger partial charge in [-0.25, -0.2) is 4.79 Å². The first-order chi connectivity index (χ1) is 14.4. The number of amides is 2. The Bertz CT molecular complexity index is 906. The summed E-state index contributed by atoms with van der Waals surface area (Å²) in [7, 11) is 0. The molecule has 2 amide bonds. The molecule has 1 aliphatic heterocycles. The number of esters is 1. The van der Waals surface area contributed by atoms with Crippen molar-refractivity contribution < 1.29 is 23.5 Å². The molecule has 1 aromatic carbocycles. The van der Waals surface area contributed by atoms with Crippen molar-refractivity contribution in [2.75, 3.05) is 11.9 Å². The van der Waals surface area contributed by atoms with Crippen molar-refractivity contribution in [3.05, 3.63) is 53.5 Å². The first kappa shape index (κ1) is 21.6. The van der Waals surface area contributed by atoms with Gasteiger partial charge in [0, 0.05) is 18.3 Å². The maximum Gasteiger partial charge on any atom is 0.338 e. The Labute approximate surface area is 176 Å². The van der Waals surface area contributed by atoms with Gasteiger partial charge in [-0.15, -0.1) is 0 Å². The number of carbonyl (C=O) groups excluding carboxylic acids is 3. The van der Waals surface area contributed by atoms with E-state index in [0.717, 1.165) is 31.2 Å². The van der Waals surface area contributed by atoms with Crippen LogP contribution >= 0.6 is 0 Å². The molecule has 0 radical (unpaired) electrons. The second-order valence-electron chi connectivity index (χ2n) is 7.60. The molecule has 7 nitrogen and oxygen atoms in total. The SMILES string of the molecule is CC[C@@H]1CCCCN1C(=O)[C@H](C)OC(=O)c1ccc(C)c(NC(=O)c2ccco2)c1. The molecule has 1 aromatic heterocycles. The summed E-state index contributed by atoms with van der Waals surface area (Å²) in [6, 6.07) is 8.27. The normalized spacial score (nSPS) is 17.3. The van der Waals surface area contributed by atoms with Crippen molar-refractivity contribution in [2.24, 2.45) is 0 Å². The molecule has 0 spiro atoms. The highest BCUT2D eigenvalue weighted by atomic mass is 16.5. The van der Waals surface area contributed by atoms with Gasteiger partial charge in [-0.3, -0.25) is 9.59 Å². The molecular formula is C23H28N2O5. The van der Waals surface area contributed by atoms with E-state index < -0.39 is 18.0 Å². The minimum absolute atomic E-state index is 0.159. The van der Waals surface area contributed by atoms with Crippen LogP contribution in [0.4, 0.5) is 5.69 Å². The molecule has 1 fully saturated rings. The van der Waals surface area contributed by atoms with E-state index in [1.54, 1.807) is 37.3 Å². The number of aryl methyl sites for hydroxylation is 1. The van der Waals surface area contributed by atoms with Crippen LogP contribution in [0.3, 0.4) is 0 Å². The van der Waals surface area contributed by atoms with E-state index in [1.165, 1.54) is 6.26 Å². The molecule has 2 atom stereocenters. The fourth-order valence-electron chi connectivity index (χ4n) is 3.70. The van der Waals surface area contributed by atoms with Crippen LogP contribution in [0.25, 0.3) is 0 Å². The summed E-state index contributed by atoms with van der Waals surface area (Å²) in [6.07, 6.45) is 4.51. The number of anilines is 1. The third kappa shape index (κ3) is 4.90. The molecule has 30 heavy (non-hydrogen) atoms. The maximum absolute atomic E-state index is 12.8. The van der Waals surface area contributed by atoms with Gasteiger partial charge in [-0.2, -0.15) is 0 Å². The Morgan fingerprint density at radius 3 is 2.77 bits per heavy atom. The second-order valence-corrected chi connectivity index (χ2v) is 7.60. The van der Waals surface area contributed by atoms with Crippen LogP contribution in [-0.2, 0) is 9.53 Å². The highest BCUT2D eigenvalue weighted by Crippen LogP contribution is 2.22. The third-order valence-electron chi connectivity index (χ3n) is 5.48. The molecule has 0 unspecified atom stereocenters. The van der Waals surface area contributed by atoms with Gasteiger partial charge in [-0.05, 0) is 69.4 Å². The van der Waals surface area contributed by atoms with Crippen molar-refractivity contribution in [3.8, 4) is 0 Å². The van der Waals surface area contributed by atoms with Crippen molar-refractivity contribution >= 4 is 23.5 Å².